The number of hydrogen-bond donors (Lipinski definition) is 1. The molecule has 4 nitrogen and oxygen atoms in total. The highest BCUT2D eigenvalue weighted by molar-refractivity contribution is 5.37. The number of hydrogen-bond acceptors (Lipinski definition) is 3. The molecule has 1 aromatic carbocycles. The Labute approximate surface area is 149 Å². The first-order valence-electron chi connectivity index (χ1n) is 9.30. The molecule has 3 heterocycles. The van der Waals surface area contributed by atoms with Gasteiger partial charge in [-0.1, -0.05) is 0 Å². The van der Waals surface area contributed by atoms with E-state index in [-0.39, 0.29) is 5.82 Å². The molecule has 2 saturated heterocycles. The lowest BCUT2D eigenvalue weighted by Crippen LogP contribution is -2.38. The van der Waals surface area contributed by atoms with E-state index in [4.69, 9.17) is 5.10 Å². The summed E-state index contributed by atoms with van der Waals surface area (Å²) in [5.41, 5.74) is 5.00. The quantitative estimate of drug-likeness (QED) is 0.930. The zero-order valence-corrected chi connectivity index (χ0v) is 15.2. The van der Waals surface area contributed by atoms with E-state index in [1.165, 1.54) is 50.0 Å². The molecule has 4 rings (SSSR count). The summed E-state index contributed by atoms with van der Waals surface area (Å²) in [6.45, 7) is 9.88. The Hall–Kier alpha value is -1.72. The predicted molar refractivity (Wildman–Crippen MR) is 97.4 cm³/mol. The molecule has 0 atom stereocenters. The van der Waals surface area contributed by atoms with Gasteiger partial charge in [-0.15, -0.1) is 0 Å². The second-order valence-electron chi connectivity index (χ2n) is 7.75. The van der Waals surface area contributed by atoms with E-state index in [0.29, 0.717) is 5.41 Å². The highest BCUT2D eigenvalue weighted by Gasteiger charge is 2.39. The number of nitrogens with zero attached hydrogens (tertiary/aromatic N) is 3. The first-order valence-corrected chi connectivity index (χ1v) is 9.30. The van der Waals surface area contributed by atoms with Crippen molar-refractivity contribution in [3.8, 4) is 5.69 Å². The third kappa shape index (κ3) is 3.23. The molecule has 1 aromatic heterocycles. The lowest BCUT2D eigenvalue weighted by atomic mass is 9.78. The van der Waals surface area contributed by atoms with Crippen molar-refractivity contribution in [3.63, 3.8) is 0 Å². The van der Waals surface area contributed by atoms with Crippen LogP contribution in [0.15, 0.2) is 24.3 Å². The predicted octanol–water partition coefficient (Wildman–Crippen LogP) is 3.20. The molecule has 0 saturated carbocycles. The van der Waals surface area contributed by atoms with Gasteiger partial charge >= 0.3 is 0 Å². The van der Waals surface area contributed by atoms with Gasteiger partial charge in [0.05, 0.1) is 11.4 Å². The third-order valence-electron chi connectivity index (χ3n) is 6.08. The van der Waals surface area contributed by atoms with Crippen molar-refractivity contribution in [2.75, 3.05) is 26.2 Å². The number of aryl methyl sites for hydroxylation is 1. The Morgan fingerprint density at radius 1 is 1.12 bits per heavy atom. The fourth-order valence-corrected chi connectivity index (χ4v) is 4.49. The van der Waals surface area contributed by atoms with Crippen molar-refractivity contribution in [2.24, 2.45) is 5.41 Å². The zero-order valence-electron chi connectivity index (χ0n) is 15.2. The number of rotatable bonds is 3. The molecular formula is C20H27FN4. The van der Waals surface area contributed by atoms with Crippen LogP contribution in [0, 0.1) is 25.1 Å². The second kappa shape index (κ2) is 6.54. The first kappa shape index (κ1) is 16.7. The van der Waals surface area contributed by atoms with Crippen LogP contribution >= 0.6 is 0 Å². The second-order valence-corrected chi connectivity index (χ2v) is 7.75. The first-order chi connectivity index (χ1) is 12.1. The molecule has 2 aromatic rings. The van der Waals surface area contributed by atoms with E-state index in [1.54, 1.807) is 12.1 Å². The highest BCUT2D eigenvalue weighted by Crippen LogP contribution is 2.39. The van der Waals surface area contributed by atoms with E-state index in [0.717, 1.165) is 36.7 Å². The van der Waals surface area contributed by atoms with Crippen molar-refractivity contribution in [2.45, 2.75) is 39.7 Å². The van der Waals surface area contributed by atoms with Crippen LogP contribution in [-0.2, 0) is 6.54 Å². The average molecular weight is 342 g/mol. The molecule has 1 spiro atoms. The number of aromatic nitrogens is 2. The van der Waals surface area contributed by atoms with Crippen molar-refractivity contribution in [1.82, 2.24) is 20.0 Å². The van der Waals surface area contributed by atoms with Crippen LogP contribution in [0.2, 0.25) is 0 Å². The van der Waals surface area contributed by atoms with Crippen LogP contribution in [0.1, 0.15) is 36.2 Å². The average Bonchev–Trinajstić information content (AvgIpc) is 3.12. The Bertz CT molecular complexity index is 744. The van der Waals surface area contributed by atoms with Gasteiger partial charge in [-0.3, -0.25) is 4.90 Å². The third-order valence-corrected chi connectivity index (χ3v) is 6.08. The van der Waals surface area contributed by atoms with Crippen LogP contribution in [-0.4, -0.2) is 40.9 Å². The molecule has 2 aliphatic rings. The minimum absolute atomic E-state index is 0.213. The van der Waals surface area contributed by atoms with Gasteiger partial charge in [-0.25, -0.2) is 9.07 Å². The Kier molecular flexibility index (Phi) is 4.38. The van der Waals surface area contributed by atoms with E-state index >= 15 is 0 Å². The molecule has 0 unspecified atom stereocenters. The zero-order chi connectivity index (χ0) is 17.4. The summed E-state index contributed by atoms with van der Waals surface area (Å²) >= 11 is 0. The molecule has 0 bridgehead atoms. The van der Waals surface area contributed by atoms with E-state index < -0.39 is 0 Å². The molecule has 25 heavy (non-hydrogen) atoms. The van der Waals surface area contributed by atoms with Gasteiger partial charge in [0.2, 0.25) is 0 Å². The van der Waals surface area contributed by atoms with E-state index in [1.807, 2.05) is 4.68 Å². The smallest absolute Gasteiger partial charge is 0.123 e. The van der Waals surface area contributed by atoms with Gasteiger partial charge in [-0.05, 0) is 82.4 Å². The lowest BCUT2D eigenvalue weighted by molar-refractivity contribution is 0.193. The number of nitrogens with one attached hydrogen (secondary N) is 1. The number of halogens is 1. The fourth-order valence-electron chi connectivity index (χ4n) is 4.49. The molecule has 0 aliphatic carbocycles. The summed E-state index contributed by atoms with van der Waals surface area (Å²) in [5, 5.41) is 8.20. The minimum atomic E-state index is -0.213. The maximum Gasteiger partial charge on any atom is 0.123 e. The number of likely N-dealkylation sites (tertiary alicyclic amines) is 1. The highest BCUT2D eigenvalue weighted by atomic mass is 19.1. The van der Waals surface area contributed by atoms with Gasteiger partial charge in [0.25, 0.3) is 0 Å². The Morgan fingerprint density at radius 3 is 2.56 bits per heavy atom. The van der Waals surface area contributed by atoms with Crippen LogP contribution < -0.4 is 5.32 Å². The lowest BCUT2D eigenvalue weighted by Gasteiger charge is -2.34. The summed E-state index contributed by atoms with van der Waals surface area (Å²) in [7, 11) is 0. The summed E-state index contributed by atoms with van der Waals surface area (Å²) < 4.78 is 15.1. The molecule has 1 N–H and O–H groups in total. The fraction of sp³-hybridized carbons (Fsp3) is 0.550. The normalized spacial score (nSPS) is 20.4. The molecule has 2 aliphatic heterocycles. The van der Waals surface area contributed by atoms with Crippen molar-refractivity contribution < 1.29 is 4.39 Å². The maximum absolute atomic E-state index is 13.2. The summed E-state index contributed by atoms with van der Waals surface area (Å²) in [6, 6.07) is 6.57. The van der Waals surface area contributed by atoms with Gasteiger partial charge in [0, 0.05) is 24.3 Å². The SMILES string of the molecule is Cc1nn(-c2ccc(F)cc2)c(C)c1CN1CCC2(CCNCC2)C1. The van der Waals surface area contributed by atoms with Crippen LogP contribution in [0.25, 0.3) is 5.69 Å². The van der Waals surface area contributed by atoms with Crippen molar-refractivity contribution in [3.05, 3.63) is 47.0 Å². The Balaban J connectivity index is 1.52. The molecular weight excluding hydrogens is 315 g/mol. The standard InChI is InChI=1S/C20H27FN4/c1-15-19(13-24-12-9-20(14-24)7-10-22-11-8-20)16(2)25(23-15)18-5-3-17(21)4-6-18/h3-6,22H,7-14H2,1-2H3. The van der Waals surface area contributed by atoms with Crippen LogP contribution in [0.3, 0.4) is 0 Å². The van der Waals surface area contributed by atoms with Crippen molar-refractivity contribution >= 4 is 0 Å². The molecule has 0 radical (unpaired) electrons. The summed E-state index contributed by atoms with van der Waals surface area (Å²) in [5.74, 6) is -0.213. The maximum atomic E-state index is 13.2. The topological polar surface area (TPSA) is 33.1 Å². The van der Waals surface area contributed by atoms with Crippen LogP contribution in [0.4, 0.5) is 4.39 Å². The van der Waals surface area contributed by atoms with Crippen LogP contribution in [0.5, 0.6) is 0 Å². The number of piperidine rings is 1. The molecule has 5 heteroatoms. The van der Waals surface area contributed by atoms with E-state index in [9.17, 15) is 4.39 Å². The molecule has 2 fully saturated rings. The molecule has 0 amide bonds. The monoisotopic (exact) mass is 342 g/mol. The summed E-state index contributed by atoms with van der Waals surface area (Å²) in [4.78, 5) is 2.59. The minimum Gasteiger partial charge on any atom is -0.317 e. The largest absolute Gasteiger partial charge is 0.317 e. The Morgan fingerprint density at radius 2 is 1.84 bits per heavy atom. The van der Waals surface area contributed by atoms with Gasteiger partial charge in [-0.2, -0.15) is 5.10 Å². The molecule has 134 valence electrons. The van der Waals surface area contributed by atoms with Gasteiger partial charge in [0.15, 0.2) is 0 Å². The van der Waals surface area contributed by atoms with E-state index in [2.05, 4.69) is 24.1 Å². The number of benzene rings is 1. The van der Waals surface area contributed by atoms with Crippen molar-refractivity contribution in [1.29, 1.82) is 0 Å². The van der Waals surface area contributed by atoms with Gasteiger partial charge in [0.1, 0.15) is 5.82 Å². The summed E-state index contributed by atoms with van der Waals surface area (Å²) in [6.07, 6.45) is 3.92. The van der Waals surface area contributed by atoms with Gasteiger partial charge < -0.3 is 5.32 Å².